The van der Waals surface area contributed by atoms with Gasteiger partial charge < -0.3 is 15.3 Å². The van der Waals surface area contributed by atoms with E-state index in [1.54, 1.807) is 12.1 Å². The van der Waals surface area contributed by atoms with Crippen LogP contribution in [0.25, 0.3) is 0 Å². The van der Waals surface area contributed by atoms with E-state index in [2.05, 4.69) is 12.2 Å². The van der Waals surface area contributed by atoms with Gasteiger partial charge in [-0.25, -0.2) is 0 Å². The van der Waals surface area contributed by atoms with E-state index in [9.17, 15) is 4.79 Å². The van der Waals surface area contributed by atoms with E-state index in [0.717, 1.165) is 38.9 Å². The minimum absolute atomic E-state index is 0.0256. The second-order valence-corrected chi connectivity index (χ2v) is 6.48. The zero-order chi connectivity index (χ0) is 15.9. The largest absolute Gasteiger partial charge is 0.396 e. The number of likely N-dealkylation sites (tertiary alicyclic amines) is 1. The normalized spacial score (nSPS) is 17.5. The van der Waals surface area contributed by atoms with Crippen LogP contribution in [-0.4, -0.2) is 48.2 Å². The molecule has 1 aliphatic rings. The molecular formula is C17H25ClN2O2. The molecule has 1 fully saturated rings. The minimum Gasteiger partial charge on any atom is -0.396 e. The molecule has 1 atom stereocenters. The van der Waals surface area contributed by atoms with Crippen molar-refractivity contribution in [1.29, 1.82) is 0 Å². The van der Waals surface area contributed by atoms with E-state index in [-0.39, 0.29) is 12.5 Å². The summed E-state index contributed by atoms with van der Waals surface area (Å²) < 4.78 is 0. The van der Waals surface area contributed by atoms with Gasteiger partial charge in [0.05, 0.1) is 10.6 Å². The standard InChI is InChI=1S/C17H25ClN2O2/c1-13(8-11-21)12-19-14-6-9-20(10-7-14)17(22)15-4-2-3-5-16(15)18/h2-5,13-14,19,21H,6-12H2,1H3. The summed E-state index contributed by atoms with van der Waals surface area (Å²) in [6.07, 6.45) is 2.75. The van der Waals surface area contributed by atoms with Crippen LogP contribution in [0.3, 0.4) is 0 Å². The Kier molecular flexibility index (Phi) is 6.68. The first-order valence-electron chi connectivity index (χ1n) is 8.00. The summed E-state index contributed by atoms with van der Waals surface area (Å²) in [6, 6.07) is 7.67. The Bertz CT molecular complexity index is 487. The maximum Gasteiger partial charge on any atom is 0.255 e. The molecule has 0 spiro atoms. The van der Waals surface area contributed by atoms with Gasteiger partial charge in [-0.3, -0.25) is 4.79 Å². The monoisotopic (exact) mass is 324 g/mol. The number of carbonyl (C=O) groups is 1. The predicted octanol–water partition coefficient (Wildman–Crippen LogP) is 2.55. The number of nitrogens with zero attached hydrogens (tertiary/aromatic N) is 1. The highest BCUT2D eigenvalue weighted by Crippen LogP contribution is 2.20. The molecule has 1 heterocycles. The quantitative estimate of drug-likeness (QED) is 0.845. The summed E-state index contributed by atoms with van der Waals surface area (Å²) in [5, 5.41) is 13.0. The first-order valence-corrected chi connectivity index (χ1v) is 8.37. The fourth-order valence-electron chi connectivity index (χ4n) is 2.78. The smallest absolute Gasteiger partial charge is 0.255 e. The van der Waals surface area contributed by atoms with Gasteiger partial charge >= 0.3 is 0 Å². The maximum absolute atomic E-state index is 12.5. The van der Waals surface area contributed by atoms with Crippen LogP contribution in [0.5, 0.6) is 0 Å². The summed E-state index contributed by atoms with van der Waals surface area (Å²) in [5.74, 6) is 0.505. The second kappa shape index (κ2) is 8.51. The molecule has 1 aromatic rings. The highest BCUT2D eigenvalue weighted by atomic mass is 35.5. The molecular weight excluding hydrogens is 300 g/mol. The topological polar surface area (TPSA) is 52.6 Å². The highest BCUT2D eigenvalue weighted by Gasteiger charge is 2.24. The minimum atomic E-state index is 0.0256. The molecule has 5 heteroatoms. The molecule has 1 unspecified atom stereocenters. The Morgan fingerprint density at radius 2 is 2.09 bits per heavy atom. The van der Waals surface area contributed by atoms with Crippen LogP contribution in [0.1, 0.15) is 36.5 Å². The number of carbonyl (C=O) groups excluding carboxylic acids is 1. The summed E-state index contributed by atoms with van der Waals surface area (Å²) in [7, 11) is 0. The Hall–Kier alpha value is -1.10. The lowest BCUT2D eigenvalue weighted by molar-refractivity contribution is 0.0704. The van der Waals surface area contributed by atoms with Gasteiger partial charge in [-0.05, 0) is 43.9 Å². The van der Waals surface area contributed by atoms with E-state index in [1.807, 2.05) is 17.0 Å². The number of hydrogen-bond acceptors (Lipinski definition) is 3. The summed E-state index contributed by atoms with van der Waals surface area (Å²) in [6.45, 7) is 4.82. The number of aliphatic hydroxyl groups is 1. The van der Waals surface area contributed by atoms with Crippen molar-refractivity contribution in [3.8, 4) is 0 Å². The Labute approximate surface area is 137 Å². The van der Waals surface area contributed by atoms with Gasteiger partial charge in [0, 0.05) is 25.7 Å². The number of amides is 1. The molecule has 1 aromatic carbocycles. The third-order valence-electron chi connectivity index (χ3n) is 4.26. The van der Waals surface area contributed by atoms with Crippen molar-refractivity contribution in [2.75, 3.05) is 26.2 Å². The van der Waals surface area contributed by atoms with Crippen molar-refractivity contribution >= 4 is 17.5 Å². The Morgan fingerprint density at radius 3 is 2.73 bits per heavy atom. The lowest BCUT2D eigenvalue weighted by Gasteiger charge is -2.33. The third-order valence-corrected chi connectivity index (χ3v) is 4.59. The first kappa shape index (κ1) is 17.3. The Morgan fingerprint density at radius 1 is 1.41 bits per heavy atom. The molecule has 2 N–H and O–H groups in total. The van der Waals surface area contributed by atoms with E-state index in [4.69, 9.17) is 16.7 Å². The van der Waals surface area contributed by atoms with E-state index in [0.29, 0.717) is 22.5 Å². The lowest BCUT2D eigenvalue weighted by atomic mass is 10.0. The fourth-order valence-corrected chi connectivity index (χ4v) is 3.00. The van der Waals surface area contributed by atoms with Crippen LogP contribution in [-0.2, 0) is 0 Å². The van der Waals surface area contributed by atoms with E-state index in [1.165, 1.54) is 0 Å². The van der Waals surface area contributed by atoms with E-state index < -0.39 is 0 Å². The van der Waals surface area contributed by atoms with Gasteiger partial charge in [0.25, 0.3) is 5.91 Å². The molecule has 0 radical (unpaired) electrons. The molecule has 1 amide bonds. The molecule has 0 aliphatic carbocycles. The van der Waals surface area contributed by atoms with Crippen molar-refractivity contribution < 1.29 is 9.90 Å². The van der Waals surface area contributed by atoms with Gasteiger partial charge in [0.1, 0.15) is 0 Å². The SMILES string of the molecule is CC(CCO)CNC1CCN(C(=O)c2ccccc2Cl)CC1. The number of benzene rings is 1. The molecule has 1 aliphatic heterocycles. The van der Waals surface area contributed by atoms with Crippen LogP contribution in [0.15, 0.2) is 24.3 Å². The maximum atomic E-state index is 12.5. The fraction of sp³-hybridized carbons (Fsp3) is 0.588. The van der Waals surface area contributed by atoms with Crippen LogP contribution in [0, 0.1) is 5.92 Å². The number of piperidine rings is 1. The van der Waals surface area contributed by atoms with Gasteiger partial charge in [-0.2, -0.15) is 0 Å². The van der Waals surface area contributed by atoms with E-state index >= 15 is 0 Å². The zero-order valence-electron chi connectivity index (χ0n) is 13.1. The number of nitrogens with one attached hydrogen (secondary N) is 1. The molecule has 0 saturated carbocycles. The van der Waals surface area contributed by atoms with Crippen molar-refractivity contribution in [3.05, 3.63) is 34.9 Å². The van der Waals surface area contributed by atoms with Crippen molar-refractivity contribution in [2.45, 2.75) is 32.2 Å². The predicted molar refractivity (Wildman–Crippen MR) is 89.2 cm³/mol. The first-order chi connectivity index (χ1) is 10.6. The van der Waals surface area contributed by atoms with Gasteiger partial charge in [-0.1, -0.05) is 30.7 Å². The molecule has 22 heavy (non-hydrogen) atoms. The van der Waals surface area contributed by atoms with Gasteiger partial charge in [0.15, 0.2) is 0 Å². The average Bonchev–Trinajstić information content (AvgIpc) is 2.53. The number of aliphatic hydroxyl groups excluding tert-OH is 1. The van der Waals surface area contributed by atoms with Gasteiger partial charge in [0.2, 0.25) is 0 Å². The van der Waals surface area contributed by atoms with Crippen molar-refractivity contribution in [2.24, 2.45) is 5.92 Å². The molecule has 4 nitrogen and oxygen atoms in total. The average molecular weight is 325 g/mol. The van der Waals surface area contributed by atoms with Gasteiger partial charge in [-0.15, -0.1) is 0 Å². The Balaban J connectivity index is 1.80. The van der Waals surface area contributed by atoms with Crippen LogP contribution >= 0.6 is 11.6 Å². The second-order valence-electron chi connectivity index (χ2n) is 6.07. The number of rotatable bonds is 6. The van der Waals surface area contributed by atoms with Crippen molar-refractivity contribution in [3.63, 3.8) is 0 Å². The zero-order valence-corrected chi connectivity index (χ0v) is 13.9. The number of hydrogen-bond donors (Lipinski definition) is 2. The molecule has 1 saturated heterocycles. The van der Waals surface area contributed by atoms with Crippen LogP contribution in [0.2, 0.25) is 5.02 Å². The highest BCUT2D eigenvalue weighted by molar-refractivity contribution is 6.33. The molecule has 122 valence electrons. The number of halogens is 1. The van der Waals surface area contributed by atoms with Crippen molar-refractivity contribution in [1.82, 2.24) is 10.2 Å². The lowest BCUT2D eigenvalue weighted by Crippen LogP contribution is -2.45. The summed E-state index contributed by atoms with van der Waals surface area (Å²) in [4.78, 5) is 14.4. The van der Waals surface area contributed by atoms with Crippen LogP contribution in [0.4, 0.5) is 0 Å². The molecule has 2 rings (SSSR count). The third kappa shape index (κ3) is 4.70. The summed E-state index contributed by atoms with van der Waals surface area (Å²) in [5.41, 5.74) is 0.590. The summed E-state index contributed by atoms with van der Waals surface area (Å²) >= 11 is 6.10. The molecule has 0 aromatic heterocycles. The molecule has 0 bridgehead atoms. The van der Waals surface area contributed by atoms with Crippen LogP contribution < -0.4 is 5.32 Å².